The van der Waals surface area contributed by atoms with Gasteiger partial charge in [-0.15, -0.1) is 0 Å². The highest BCUT2D eigenvalue weighted by Gasteiger charge is 2.01. The van der Waals surface area contributed by atoms with Gasteiger partial charge in [-0.05, 0) is 0 Å². The molecule has 0 bridgehead atoms. The van der Waals surface area contributed by atoms with Gasteiger partial charge in [-0.3, -0.25) is 5.10 Å². The first-order valence-electron chi connectivity index (χ1n) is 3.17. The van der Waals surface area contributed by atoms with Crippen LogP contribution in [0.4, 0.5) is 5.82 Å². The highest BCUT2D eigenvalue weighted by Crippen LogP contribution is 2.12. The van der Waals surface area contributed by atoms with Crippen molar-refractivity contribution in [3.63, 3.8) is 0 Å². The first-order chi connectivity index (χ1) is 5.36. The Bertz CT molecular complexity index is 333. The third-order valence-electron chi connectivity index (χ3n) is 1.35. The molecule has 0 aromatic carbocycles. The summed E-state index contributed by atoms with van der Waals surface area (Å²) in [5.74, 6) is 1.21. The summed E-state index contributed by atoms with van der Waals surface area (Å²) in [7, 11) is 0. The molecule has 0 aliphatic rings. The Morgan fingerprint density at radius 1 is 1.45 bits per heavy atom. The number of imidazole rings is 1. The number of anilines is 1. The summed E-state index contributed by atoms with van der Waals surface area (Å²) in [6.07, 6.45) is 3.42. The smallest absolute Gasteiger partial charge is 0.155 e. The van der Waals surface area contributed by atoms with Crippen LogP contribution in [0, 0.1) is 0 Å². The fourth-order valence-electron chi connectivity index (χ4n) is 0.871. The molecule has 2 rings (SSSR count). The number of nitrogens with two attached hydrogens (primary N) is 1. The van der Waals surface area contributed by atoms with Crippen molar-refractivity contribution in [1.82, 2.24) is 20.2 Å². The standard InChI is InChI=1S/C6H7N5/c7-5-3-4(10-11-5)6-8-1-2-9-6/h1-3H,(H,8,9)(H3,7,10,11). The number of nitrogen functional groups attached to an aromatic ring is 1. The summed E-state index contributed by atoms with van der Waals surface area (Å²) < 4.78 is 0. The molecule has 0 fully saturated rings. The van der Waals surface area contributed by atoms with Gasteiger partial charge in [-0.2, -0.15) is 5.10 Å². The van der Waals surface area contributed by atoms with Crippen LogP contribution in [-0.2, 0) is 0 Å². The molecule has 11 heavy (non-hydrogen) atoms. The molecule has 0 aliphatic heterocycles. The van der Waals surface area contributed by atoms with Crippen LogP contribution in [0.1, 0.15) is 0 Å². The SMILES string of the molecule is Nc1cc(-c2ncc[nH]2)[nH]n1. The van der Waals surface area contributed by atoms with Crippen LogP contribution in [0.5, 0.6) is 0 Å². The van der Waals surface area contributed by atoms with Crippen molar-refractivity contribution >= 4 is 5.82 Å². The molecule has 2 heterocycles. The summed E-state index contributed by atoms with van der Waals surface area (Å²) in [4.78, 5) is 6.95. The number of rotatable bonds is 1. The molecule has 0 amide bonds. The minimum Gasteiger partial charge on any atom is -0.382 e. The minimum atomic E-state index is 0.469. The second-order valence-corrected chi connectivity index (χ2v) is 2.14. The molecule has 0 unspecified atom stereocenters. The monoisotopic (exact) mass is 149 g/mol. The Kier molecular flexibility index (Phi) is 1.15. The van der Waals surface area contributed by atoms with E-state index in [1.165, 1.54) is 0 Å². The third-order valence-corrected chi connectivity index (χ3v) is 1.35. The number of nitrogens with zero attached hydrogens (tertiary/aromatic N) is 2. The average molecular weight is 149 g/mol. The lowest BCUT2D eigenvalue weighted by atomic mass is 10.4. The van der Waals surface area contributed by atoms with Gasteiger partial charge in [0, 0.05) is 18.5 Å². The van der Waals surface area contributed by atoms with Gasteiger partial charge in [0.15, 0.2) is 5.82 Å². The first kappa shape index (κ1) is 5.96. The quantitative estimate of drug-likeness (QED) is 0.548. The van der Waals surface area contributed by atoms with Gasteiger partial charge in [0.05, 0.1) is 0 Å². The number of aromatic amines is 2. The largest absolute Gasteiger partial charge is 0.382 e. The molecule has 0 aliphatic carbocycles. The first-order valence-corrected chi connectivity index (χ1v) is 3.17. The Morgan fingerprint density at radius 3 is 2.91 bits per heavy atom. The molecule has 0 atom stereocenters. The highest BCUT2D eigenvalue weighted by molar-refractivity contribution is 5.53. The highest BCUT2D eigenvalue weighted by atomic mass is 15.2. The van der Waals surface area contributed by atoms with E-state index in [9.17, 15) is 0 Å². The van der Waals surface area contributed by atoms with Crippen molar-refractivity contribution in [1.29, 1.82) is 0 Å². The topological polar surface area (TPSA) is 83.4 Å². The number of aromatic nitrogens is 4. The normalized spacial score (nSPS) is 10.2. The fourth-order valence-corrected chi connectivity index (χ4v) is 0.871. The minimum absolute atomic E-state index is 0.469. The third kappa shape index (κ3) is 0.958. The lowest BCUT2D eigenvalue weighted by Crippen LogP contribution is -1.81. The molecule has 0 radical (unpaired) electrons. The van der Waals surface area contributed by atoms with Crippen LogP contribution in [-0.4, -0.2) is 20.2 Å². The predicted molar refractivity (Wildman–Crippen MR) is 40.6 cm³/mol. The van der Waals surface area contributed by atoms with E-state index in [4.69, 9.17) is 5.73 Å². The summed E-state index contributed by atoms with van der Waals surface area (Å²) in [6.45, 7) is 0. The van der Waals surface area contributed by atoms with Crippen LogP contribution >= 0.6 is 0 Å². The number of hydrogen-bond donors (Lipinski definition) is 3. The van der Waals surface area contributed by atoms with E-state index < -0.39 is 0 Å². The zero-order chi connectivity index (χ0) is 7.68. The van der Waals surface area contributed by atoms with Crippen LogP contribution in [0.2, 0.25) is 0 Å². The molecule has 4 N–H and O–H groups in total. The van der Waals surface area contributed by atoms with E-state index in [0.29, 0.717) is 5.82 Å². The number of H-pyrrole nitrogens is 2. The Labute approximate surface area is 62.7 Å². The van der Waals surface area contributed by atoms with E-state index in [0.717, 1.165) is 11.5 Å². The second kappa shape index (κ2) is 2.12. The van der Waals surface area contributed by atoms with Crippen molar-refractivity contribution in [2.75, 3.05) is 5.73 Å². The van der Waals surface area contributed by atoms with Gasteiger partial charge < -0.3 is 10.7 Å². The Balaban J connectivity index is 2.45. The van der Waals surface area contributed by atoms with E-state index in [1.807, 2.05) is 0 Å². The maximum Gasteiger partial charge on any atom is 0.155 e. The molecule has 5 nitrogen and oxygen atoms in total. The Hall–Kier alpha value is -1.78. The van der Waals surface area contributed by atoms with E-state index in [2.05, 4.69) is 20.2 Å². The van der Waals surface area contributed by atoms with Crippen LogP contribution in [0.15, 0.2) is 18.5 Å². The summed E-state index contributed by atoms with van der Waals surface area (Å²) in [5.41, 5.74) is 6.20. The molecular formula is C6H7N5. The number of hydrogen-bond acceptors (Lipinski definition) is 3. The average Bonchev–Trinajstić information content (AvgIpc) is 2.55. The number of nitrogens with one attached hydrogen (secondary N) is 2. The molecule has 2 aromatic heterocycles. The molecule has 0 spiro atoms. The Morgan fingerprint density at radius 2 is 2.36 bits per heavy atom. The summed E-state index contributed by atoms with van der Waals surface area (Å²) in [6, 6.07) is 1.72. The molecule has 56 valence electrons. The maximum atomic E-state index is 5.40. The summed E-state index contributed by atoms with van der Waals surface area (Å²) >= 11 is 0. The zero-order valence-corrected chi connectivity index (χ0v) is 5.70. The molecule has 0 saturated carbocycles. The van der Waals surface area contributed by atoms with Crippen molar-refractivity contribution in [3.8, 4) is 11.5 Å². The lowest BCUT2D eigenvalue weighted by molar-refractivity contribution is 1.09. The van der Waals surface area contributed by atoms with Crippen LogP contribution < -0.4 is 5.73 Å². The molecule has 0 saturated heterocycles. The molecular weight excluding hydrogens is 142 g/mol. The van der Waals surface area contributed by atoms with Gasteiger partial charge in [-0.25, -0.2) is 4.98 Å². The lowest BCUT2D eigenvalue weighted by Gasteiger charge is -1.85. The van der Waals surface area contributed by atoms with E-state index >= 15 is 0 Å². The van der Waals surface area contributed by atoms with Gasteiger partial charge >= 0.3 is 0 Å². The van der Waals surface area contributed by atoms with Crippen LogP contribution in [0.25, 0.3) is 11.5 Å². The van der Waals surface area contributed by atoms with E-state index in [1.54, 1.807) is 18.5 Å². The summed E-state index contributed by atoms with van der Waals surface area (Å²) in [5, 5.41) is 6.50. The maximum absolute atomic E-state index is 5.40. The molecule has 2 aromatic rings. The van der Waals surface area contributed by atoms with Crippen molar-refractivity contribution in [2.45, 2.75) is 0 Å². The predicted octanol–water partition coefficient (Wildman–Crippen LogP) is 0.382. The van der Waals surface area contributed by atoms with E-state index in [-0.39, 0.29) is 0 Å². The van der Waals surface area contributed by atoms with Crippen molar-refractivity contribution in [2.24, 2.45) is 0 Å². The van der Waals surface area contributed by atoms with Crippen molar-refractivity contribution in [3.05, 3.63) is 18.5 Å². The molecule has 5 heteroatoms. The van der Waals surface area contributed by atoms with Crippen LogP contribution in [0.3, 0.4) is 0 Å². The second-order valence-electron chi connectivity index (χ2n) is 2.14. The van der Waals surface area contributed by atoms with Gasteiger partial charge in [0.25, 0.3) is 0 Å². The van der Waals surface area contributed by atoms with Gasteiger partial charge in [0.2, 0.25) is 0 Å². The van der Waals surface area contributed by atoms with Crippen molar-refractivity contribution < 1.29 is 0 Å². The van der Waals surface area contributed by atoms with Gasteiger partial charge in [0.1, 0.15) is 11.5 Å². The zero-order valence-electron chi connectivity index (χ0n) is 5.70. The fraction of sp³-hybridized carbons (Fsp3) is 0. The van der Waals surface area contributed by atoms with Gasteiger partial charge in [-0.1, -0.05) is 0 Å².